The molecule has 0 spiro atoms. The SMILES string of the molecule is CCCOCCn1nc(CNC)c2ccccc21. The van der Waals surface area contributed by atoms with Gasteiger partial charge in [0.25, 0.3) is 0 Å². The Balaban J connectivity index is 2.16. The van der Waals surface area contributed by atoms with Crippen LogP contribution in [0.15, 0.2) is 24.3 Å². The Morgan fingerprint density at radius 1 is 1.28 bits per heavy atom. The molecule has 1 heterocycles. The summed E-state index contributed by atoms with van der Waals surface area (Å²) in [7, 11) is 1.94. The Hall–Kier alpha value is -1.39. The molecule has 2 aromatic rings. The molecule has 0 unspecified atom stereocenters. The largest absolute Gasteiger partial charge is 0.380 e. The molecule has 18 heavy (non-hydrogen) atoms. The van der Waals surface area contributed by atoms with E-state index in [2.05, 4.69) is 41.6 Å². The molecule has 0 saturated carbocycles. The highest BCUT2D eigenvalue weighted by molar-refractivity contribution is 5.81. The van der Waals surface area contributed by atoms with Crippen molar-refractivity contribution in [1.82, 2.24) is 15.1 Å². The second-order valence-corrected chi connectivity index (χ2v) is 4.33. The molecule has 0 amide bonds. The predicted molar refractivity (Wildman–Crippen MR) is 73.6 cm³/mol. The van der Waals surface area contributed by atoms with Crippen molar-refractivity contribution >= 4 is 10.9 Å². The van der Waals surface area contributed by atoms with E-state index in [0.717, 1.165) is 38.4 Å². The number of fused-ring (bicyclic) bond motifs is 1. The number of aromatic nitrogens is 2. The first-order valence-electron chi connectivity index (χ1n) is 6.53. The van der Waals surface area contributed by atoms with Crippen LogP contribution in [0.3, 0.4) is 0 Å². The zero-order valence-electron chi connectivity index (χ0n) is 11.1. The summed E-state index contributed by atoms with van der Waals surface area (Å²) in [5.74, 6) is 0. The zero-order valence-corrected chi connectivity index (χ0v) is 11.1. The summed E-state index contributed by atoms with van der Waals surface area (Å²) in [5, 5.41) is 9.03. The fraction of sp³-hybridized carbons (Fsp3) is 0.500. The lowest BCUT2D eigenvalue weighted by Crippen LogP contribution is -2.10. The summed E-state index contributed by atoms with van der Waals surface area (Å²) < 4.78 is 7.57. The summed E-state index contributed by atoms with van der Waals surface area (Å²) in [5.41, 5.74) is 2.28. The lowest BCUT2D eigenvalue weighted by Gasteiger charge is -2.04. The van der Waals surface area contributed by atoms with Crippen LogP contribution in [0, 0.1) is 0 Å². The number of nitrogens with one attached hydrogen (secondary N) is 1. The number of hydrogen-bond donors (Lipinski definition) is 1. The predicted octanol–water partition coefficient (Wildman–Crippen LogP) is 2.18. The summed E-state index contributed by atoms with van der Waals surface area (Å²) >= 11 is 0. The normalized spacial score (nSPS) is 11.2. The van der Waals surface area contributed by atoms with Gasteiger partial charge in [0.1, 0.15) is 0 Å². The van der Waals surface area contributed by atoms with E-state index in [4.69, 9.17) is 4.74 Å². The molecule has 0 aliphatic carbocycles. The van der Waals surface area contributed by atoms with Gasteiger partial charge >= 0.3 is 0 Å². The van der Waals surface area contributed by atoms with Gasteiger partial charge in [-0.3, -0.25) is 4.68 Å². The molecule has 0 aliphatic heterocycles. The van der Waals surface area contributed by atoms with E-state index >= 15 is 0 Å². The molecule has 0 fully saturated rings. The van der Waals surface area contributed by atoms with Gasteiger partial charge in [-0.05, 0) is 19.5 Å². The van der Waals surface area contributed by atoms with Crippen molar-refractivity contribution < 1.29 is 4.74 Å². The van der Waals surface area contributed by atoms with Gasteiger partial charge in [0.2, 0.25) is 0 Å². The highest BCUT2D eigenvalue weighted by Gasteiger charge is 2.08. The third-order valence-corrected chi connectivity index (χ3v) is 2.87. The standard InChI is InChI=1S/C14H21N3O/c1-3-9-18-10-8-17-14-7-5-4-6-12(14)13(16-17)11-15-2/h4-7,15H,3,8-11H2,1-2H3. The molecular formula is C14H21N3O. The molecule has 1 aromatic heterocycles. The quantitative estimate of drug-likeness (QED) is 0.762. The Bertz CT molecular complexity index is 493. The Labute approximate surface area is 108 Å². The van der Waals surface area contributed by atoms with E-state index < -0.39 is 0 Å². The van der Waals surface area contributed by atoms with Crippen molar-refractivity contribution in [1.29, 1.82) is 0 Å². The van der Waals surface area contributed by atoms with E-state index in [-0.39, 0.29) is 0 Å². The zero-order chi connectivity index (χ0) is 12.8. The average Bonchev–Trinajstić information content (AvgIpc) is 2.74. The molecule has 0 bridgehead atoms. The Morgan fingerprint density at radius 3 is 2.89 bits per heavy atom. The van der Waals surface area contributed by atoms with Crippen LogP contribution in [0.1, 0.15) is 19.0 Å². The first-order valence-corrected chi connectivity index (χ1v) is 6.53. The van der Waals surface area contributed by atoms with Crippen LogP contribution in [0.5, 0.6) is 0 Å². The van der Waals surface area contributed by atoms with Gasteiger partial charge in [0, 0.05) is 18.5 Å². The molecule has 4 nitrogen and oxygen atoms in total. The number of para-hydroxylation sites is 1. The molecule has 0 saturated heterocycles. The van der Waals surface area contributed by atoms with Crippen LogP contribution in [0.2, 0.25) is 0 Å². The summed E-state index contributed by atoms with van der Waals surface area (Å²) in [4.78, 5) is 0. The fourth-order valence-corrected chi connectivity index (χ4v) is 2.06. The number of ether oxygens (including phenoxy) is 1. The summed E-state index contributed by atoms with van der Waals surface area (Å²) in [6.07, 6.45) is 1.06. The maximum Gasteiger partial charge on any atom is 0.0841 e. The second-order valence-electron chi connectivity index (χ2n) is 4.33. The van der Waals surface area contributed by atoms with Gasteiger partial charge < -0.3 is 10.1 Å². The van der Waals surface area contributed by atoms with Crippen molar-refractivity contribution in [2.75, 3.05) is 20.3 Å². The topological polar surface area (TPSA) is 39.1 Å². The molecule has 2 rings (SSSR count). The third kappa shape index (κ3) is 2.89. The van der Waals surface area contributed by atoms with Crippen LogP contribution in [0.25, 0.3) is 10.9 Å². The first-order chi connectivity index (χ1) is 8.86. The maximum atomic E-state index is 5.53. The minimum absolute atomic E-state index is 0.721. The summed E-state index contributed by atoms with van der Waals surface area (Å²) in [6.45, 7) is 5.27. The highest BCUT2D eigenvalue weighted by atomic mass is 16.5. The molecular weight excluding hydrogens is 226 g/mol. The Kier molecular flexibility index (Phi) is 4.73. The lowest BCUT2D eigenvalue weighted by atomic mass is 10.2. The van der Waals surface area contributed by atoms with Crippen LogP contribution < -0.4 is 5.32 Å². The van der Waals surface area contributed by atoms with E-state index in [1.807, 2.05) is 11.7 Å². The minimum Gasteiger partial charge on any atom is -0.380 e. The maximum absolute atomic E-state index is 5.53. The molecule has 0 aliphatic rings. The highest BCUT2D eigenvalue weighted by Crippen LogP contribution is 2.18. The van der Waals surface area contributed by atoms with Crippen molar-refractivity contribution in [3.8, 4) is 0 Å². The van der Waals surface area contributed by atoms with Crippen molar-refractivity contribution in [2.24, 2.45) is 0 Å². The molecule has 0 atom stereocenters. The lowest BCUT2D eigenvalue weighted by molar-refractivity contribution is 0.125. The van der Waals surface area contributed by atoms with Gasteiger partial charge in [-0.2, -0.15) is 5.10 Å². The molecule has 4 heteroatoms. The Morgan fingerprint density at radius 2 is 2.11 bits per heavy atom. The van der Waals surface area contributed by atoms with Crippen LogP contribution in [-0.2, 0) is 17.8 Å². The van der Waals surface area contributed by atoms with E-state index in [1.54, 1.807) is 0 Å². The van der Waals surface area contributed by atoms with Gasteiger partial charge in [-0.1, -0.05) is 25.1 Å². The first kappa shape index (κ1) is 13.1. The monoisotopic (exact) mass is 247 g/mol. The third-order valence-electron chi connectivity index (χ3n) is 2.87. The number of hydrogen-bond acceptors (Lipinski definition) is 3. The molecule has 0 radical (unpaired) electrons. The molecule has 98 valence electrons. The van der Waals surface area contributed by atoms with Crippen LogP contribution in [0.4, 0.5) is 0 Å². The van der Waals surface area contributed by atoms with Crippen LogP contribution in [-0.4, -0.2) is 30.0 Å². The van der Waals surface area contributed by atoms with Crippen molar-refractivity contribution in [3.63, 3.8) is 0 Å². The minimum atomic E-state index is 0.721. The smallest absolute Gasteiger partial charge is 0.0841 e. The van der Waals surface area contributed by atoms with Crippen molar-refractivity contribution in [3.05, 3.63) is 30.0 Å². The van der Waals surface area contributed by atoms with Gasteiger partial charge in [-0.25, -0.2) is 0 Å². The van der Waals surface area contributed by atoms with E-state index in [0.29, 0.717) is 0 Å². The average molecular weight is 247 g/mol. The number of nitrogens with zero attached hydrogens (tertiary/aromatic N) is 2. The number of rotatable bonds is 7. The van der Waals surface area contributed by atoms with Gasteiger partial charge in [-0.15, -0.1) is 0 Å². The van der Waals surface area contributed by atoms with Crippen molar-refractivity contribution in [2.45, 2.75) is 26.4 Å². The van der Waals surface area contributed by atoms with Gasteiger partial charge in [0.05, 0.1) is 24.4 Å². The molecule has 1 aromatic carbocycles. The van der Waals surface area contributed by atoms with E-state index in [1.165, 1.54) is 10.9 Å². The van der Waals surface area contributed by atoms with Gasteiger partial charge in [0.15, 0.2) is 0 Å². The summed E-state index contributed by atoms with van der Waals surface area (Å²) in [6, 6.07) is 8.34. The molecule has 1 N–H and O–H groups in total. The number of benzene rings is 1. The second kappa shape index (κ2) is 6.52. The van der Waals surface area contributed by atoms with E-state index in [9.17, 15) is 0 Å². The van der Waals surface area contributed by atoms with Crippen LogP contribution >= 0.6 is 0 Å². The fourth-order valence-electron chi connectivity index (χ4n) is 2.06.